The Hall–Kier alpha value is -4.11. The van der Waals surface area contributed by atoms with Gasteiger partial charge in [-0.15, -0.1) is 0 Å². The Morgan fingerprint density at radius 1 is 1.00 bits per heavy atom. The highest BCUT2D eigenvalue weighted by Crippen LogP contribution is 2.37. The number of pyridine rings is 1. The number of ether oxygens (including phenoxy) is 2. The number of nitrogens with one attached hydrogen (secondary N) is 1. The average molecular weight is 468 g/mol. The smallest absolute Gasteiger partial charge is 0.216 e. The van der Waals surface area contributed by atoms with Crippen molar-refractivity contribution in [1.29, 1.82) is 0 Å². The van der Waals surface area contributed by atoms with Gasteiger partial charge in [0.1, 0.15) is 6.17 Å². The number of hydrogen-bond acceptors (Lipinski definition) is 8. The van der Waals surface area contributed by atoms with Gasteiger partial charge in [0.05, 0.1) is 37.6 Å². The first-order valence-electron chi connectivity index (χ1n) is 11.9. The molecular formula is C26H25N7O2. The molecule has 3 aliphatic heterocycles. The third-order valence-electron chi connectivity index (χ3n) is 6.58. The second kappa shape index (κ2) is 8.28. The summed E-state index contributed by atoms with van der Waals surface area (Å²) in [5.74, 6) is 3.27. The van der Waals surface area contributed by atoms with E-state index in [1.54, 1.807) is 6.20 Å². The first-order valence-corrected chi connectivity index (χ1v) is 11.9. The fraction of sp³-hybridized carbons (Fsp3) is 0.269. The van der Waals surface area contributed by atoms with Crippen LogP contribution in [0.4, 0.5) is 5.95 Å². The molecule has 0 bridgehead atoms. The van der Waals surface area contributed by atoms with Crippen LogP contribution in [-0.4, -0.2) is 51.9 Å². The predicted octanol–water partition coefficient (Wildman–Crippen LogP) is 3.34. The third-order valence-corrected chi connectivity index (χ3v) is 6.58. The summed E-state index contributed by atoms with van der Waals surface area (Å²) in [5.41, 5.74) is 4.25. The van der Waals surface area contributed by atoms with Gasteiger partial charge in [0.25, 0.3) is 0 Å². The van der Waals surface area contributed by atoms with E-state index in [0.717, 1.165) is 58.5 Å². The number of anilines is 1. The summed E-state index contributed by atoms with van der Waals surface area (Å²) >= 11 is 0. The van der Waals surface area contributed by atoms with E-state index in [0.29, 0.717) is 26.6 Å². The third kappa shape index (κ3) is 3.55. The Bertz CT molecular complexity index is 1420. The van der Waals surface area contributed by atoms with Gasteiger partial charge in [-0.1, -0.05) is 24.3 Å². The normalized spacial score (nSPS) is 19.4. The van der Waals surface area contributed by atoms with E-state index in [-0.39, 0.29) is 6.17 Å². The van der Waals surface area contributed by atoms with E-state index < -0.39 is 0 Å². The fourth-order valence-electron chi connectivity index (χ4n) is 4.94. The van der Waals surface area contributed by atoms with Crippen LogP contribution in [0.3, 0.4) is 0 Å². The lowest BCUT2D eigenvalue weighted by molar-refractivity contribution is 0.263. The average Bonchev–Trinajstić information content (AvgIpc) is 3.13. The molecule has 0 fully saturated rings. The Morgan fingerprint density at radius 3 is 2.83 bits per heavy atom. The van der Waals surface area contributed by atoms with Crippen molar-refractivity contribution in [2.75, 3.05) is 31.5 Å². The molecule has 0 radical (unpaired) electrons. The molecule has 0 saturated carbocycles. The lowest BCUT2D eigenvalue weighted by Crippen LogP contribution is -2.57. The Labute approximate surface area is 202 Å². The van der Waals surface area contributed by atoms with Crippen molar-refractivity contribution in [1.82, 2.24) is 24.8 Å². The zero-order chi connectivity index (χ0) is 23.2. The number of hydrogen-bond donors (Lipinski definition) is 1. The fourth-order valence-corrected chi connectivity index (χ4v) is 4.94. The van der Waals surface area contributed by atoms with Crippen LogP contribution in [-0.2, 0) is 6.54 Å². The predicted molar refractivity (Wildman–Crippen MR) is 132 cm³/mol. The zero-order valence-electron chi connectivity index (χ0n) is 19.2. The summed E-state index contributed by atoms with van der Waals surface area (Å²) in [6.45, 7) is 3.37. The molecule has 3 aliphatic rings. The molecule has 0 spiro atoms. The van der Waals surface area contributed by atoms with E-state index in [1.165, 1.54) is 0 Å². The van der Waals surface area contributed by atoms with Gasteiger partial charge >= 0.3 is 0 Å². The standard InChI is InChI=1S/C26H25N7O2/c1-2-7-21-20(6-1)29-26-32-17-31(15-18-5-3-10-27-14-18)16-28-25(32)30-24(33(21)26)19-8-9-22-23(13-19)35-12-4-11-34-22/h1-3,5-10,13-14,24H,4,11-12,15-17H2,(H,28,30). The number of guanidine groups is 1. The van der Waals surface area contributed by atoms with Crippen molar-refractivity contribution >= 4 is 22.9 Å². The monoisotopic (exact) mass is 467 g/mol. The van der Waals surface area contributed by atoms with Gasteiger partial charge in [-0.3, -0.25) is 19.4 Å². The number of nitrogens with zero attached hydrogens (tertiary/aromatic N) is 6. The molecule has 1 unspecified atom stereocenters. The molecule has 0 saturated heterocycles. The second-order valence-electron chi connectivity index (χ2n) is 8.96. The quantitative estimate of drug-likeness (QED) is 0.495. The number of aliphatic imine (C=N–C) groups is 1. The summed E-state index contributed by atoms with van der Waals surface area (Å²) in [4.78, 5) is 18.6. The number of aromatic nitrogens is 3. The van der Waals surface area contributed by atoms with Crippen molar-refractivity contribution in [3.63, 3.8) is 0 Å². The molecule has 4 aromatic rings. The van der Waals surface area contributed by atoms with Crippen LogP contribution in [0.2, 0.25) is 0 Å². The largest absolute Gasteiger partial charge is 0.490 e. The maximum Gasteiger partial charge on any atom is 0.216 e. The molecule has 176 valence electrons. The molecule has 0 amide bonds. The van der Waals surface area contributed by atoms with Crippen molar-refractivity contribution in [3.05, 3.63) is 78.1 Å². The summed E-state index contributed by atoms with van der Waals surface area (Å²) in [7, 11) is 0. The summed E-state index contributed by atoms with van der Waals surface area (Å²) < 4.78 is 14.1. The highest BCUT2D eigenvalue weighted by molar-refractivity contribution is 5.98. The molecule has 1 atom stereocenters. The Morgan fingerprint density at radius 2 is 1.91 bits per heavy atom. The molecule has 7 rings (SSSR count). The lowest BCUT2D eigenvalue weighted by atomic mass is 10.1. The summed E-state index contributed by atoms with van der Waals surface area (Å²) in [6, 6.07) is 18.5. The highest BCUT2D eigenvalue weighted by atomic mass is 16.5. The van der Waals surface area contributed by atoms with Crippen LogP contribution >= 0.6 is 0 Å². The number of fused-ring (bicyclic) bond motifs is 6. The minimum atomic E-state index is -0.172. The number of rotatable bonds is 3. The first-order chi connectivity index (χ1) is 17.3. The molecule has 2 aromatic carbocycles. The molecule has 5 heterocycles. The Kier molecular flexibility index (Phi) is 4.80. The molecule has 0 aliphatic carbocycles. The van der Waals surface area contributed by atoms with E-state index in [2.05, 4.69) is 61.1 Å². The second-order valence-corrected chi connectivity index (χ2v) is 8.96. The van der Waals surface area contributed by atoms with E-state index in [9.17, 15) is 0 Å². The van der Waals surface area contributed by atoms with Gasteiger partial charge in [-0.05, 0) is 41.5 Å². The van der Waals surface area contributed by atoms with Gasteiger partial charge in [-0.25, -0.2) is 9.98 Å². The molecule has 35 heavy (non-hydrogen) atoms. The highest BCUT2D eigenvalue weighted by Gasteiger charge is 2.36. The molecule has 9 nitrogen and oxygen atoms in total. The van der Waals surface area contributed by atoms with E-state index >= 15 is 0 Å². The molecular weight excluding hydrogens is 442 g/mol. The van der Waals surface area contributed by atoms with Gasteiger partial charge in [0.2, 0.25) is 11.9 Å². The van der Waals surface area contributed by atoms with Crippen LogP contribution in [0.25, 0.3) is 11.0 Å². The molecule has 1 N–H and O–H groups in total. The SMILES string of the molecule is c1cncc(CN2CN=C3NC(c4ccc5c(c4)OCCCO5)n4c(nc5ccccc54)N3C2)c1. The van der Waals surface area contributed by atoms with E-state index in [4.69, 9.17) is 19.5 Å². The van der Waals surface area contributed by atoms with Crippen molar-refractivity contribution < 1.29 is 9.47 Å². The topological polar surface area (TPSA) is 80.0 Å². The summed E-state index contributed by atoms with van der Waals surface area (Å²) in [5, 5.41) is 3.68. The zero-order valence-corrected chi connectivity index (χ0v) is 19.2. The Balaban J connectivity index is 1.29. The maximum absolute atomic E-state index is 5.98. The first kappa shape index (κ1) is 20.3. The minimum absolute atomic E-state index is 0.172. The van der Waals surface area contributed by atoms with Gasteiger partial charge in [0, 0.05) is 25.4 Å². The van der Waals surface area contributed by atoms with E-state index in [1.807, 2.05) is 24.4 Å². The van der Waals surface area contributed by atoms with Gasteiger partial charge in [-0.2, -0.15) is 0 Å². The van der Waals surface area contributed by atoms with Crippen molar-refractivity contribution in [3.8, 4) is 11.5 Å². The van der Waals surface area contributed by atoms with Crippen LogP contribution in [0.1, 0.15) is 23.7 Å². The lowest BCUT2D eigenvalue weighted by Gasteiger charge is -2.41. The van der Waals surface area contributed by atoms with Crippen molar-refractivity contribution in [2.45, 2.75) is 19.1 Å². The van der Waals surface area contributed by atoms with Crippen molar-refractivity contribution in [2.24, 2.45) is 4.99 Å². The van der Waals surface area contributed by atoms with Crippen LogP contribution < -0.4 is 19.7 Å². The van der Waals surface area contributed by atoms with Gasteiger partial charge in [0.15, 0.2) is 11.5 Å². The minimum Gasteiger partial charge on any atom is -0.490 e. The van der Waals surface area contributed by atoms with Crippen LogP contribution in [0, 0.1) is 0 Å². The van der Waals surface area contributed by atoms with Crippen LogP contribution in [0.15, 0.2) is 72.0 Å². The molecule has 2 aromatic heterocycles. The van der Waals surface area contributed by atoms with Crippen LogP contribution in [0.5, 0.6) is 11.5 Å². The number of para-hydroxylation sites is 2. The number of benzene rings is 2. The van der Waals surface area contributed by atoms with Gasteiger partial charge < -0.3 is 14.8 Å². The molecule has 9 heteroatoms. The number of imidazole rings is 1. The maximum atomic E-state index is 5.98. The summed E-state index contributed by atoms with van der Waals surface area (Å²) in [6.07, 6.45) is 4.41.